The molecule has 0 spiro atoms. The Bertz CT molecular complexity index is 477. The summed E-state index contributed by atoms with van der Waals surface area (Å²) in [5.74, 6) is 0. The van der Waals surface area contributed by atoms with Gasteiger partial charge in [0.05, 0.1) is 0 Å². The number of hydrogen-bond donors (Lipinski definition) is 2. The van der Waals surface area contributed by atoms with Crippen molar-refractivity contribution in [3.05, 3.63) is 64.7 Å². The molecule has 2 rings (SSSR count). The Hall–Kier alpha value is -1.51. The van der Waals surface area contributed by atoms with E-state index < -0.39 is 0 Å². The van der Waals surface area contributed by atoms with Crippen molar-refractivity contribution in [1.29, 1.82) is 0 Å². The van der Waals surface area contributed by atoms with E-state index in [1.54, 1.807) is 0 Å². The molecule has 0 aliphatic carbocycles. The molecule has 0 saturated heterocycles. The first-order valence-corrected chi connectivity index (χ1v) is 6.37. The summed E-state index contributed by atoms with van der Waals surface area (Å²) >= 11 is 5.84. The summed E-state index contributed by atoms with van der Waals surface area (Å²) < 4.78 is 0. The highest BCUT2D eigenvalue weighted by molar-refractivity contribution is 6.30. The molecule has 2 aromatic carbocycles. The lowest BCUT2D eigenvalue weighted by Gasteiger charge is -2.06. The predicted molar refractivity (Wildman–Crippen MR) is 78.0 cm³/mol. The molecule has 0 aromatic heterocycles. The third kappa shape index (κ3) is 3.76. The van der Waals surface area contributed by atoms with Gasteiger partial charge in [-0.15, -0.1) is 0 Å². The summed E-state index contributed by atoms with van der Waals surface area (Å²) in [7, 11) is 1.92. The largest absolute Gasteiger partial charge is 0.388 e. The number of hydrogen-bond acceptors (Lipinski definition) is 2. The average molecular weight is 261 g/mol. The summed E-state index contributed by atoms with van der Waals surface area (Å²) in [5.41, 5.74) is 3.66. The molecule has 18 heavy (non-hydrogen) atoms. The van der Waals surface area contributed by atoms with Crippen molar-refractivity contribution in [2.45, 2.75) is 13.1 Å². The van der Waals surface area contributed by atoms with Crippen LogP contribution in [0.3, 0.4) is 0 Å². The van der Waals surface area contributed by atoms with Crippen LogP contribution >= 0.6 is 11.6 Å². The minimum absolute atomic E-state index is 0.779. The molecular formula is C15H17ClN2. The van der Waals surface area contributed by atoms with Crippen LogP contribution in [0.1, 0.15) is 11.1 Å². The van der Waals surface area contributed by atoms with Crippen molar-refractivity contribution in [2.24, 2.45) is 0 Å². The quantitative estimate of drug-likeness (QED) is 0.857. The monoisotopic (exact) mass is 260 g/mol. The highest BCUT2D eigenvalue weighted by Gasteiger charge is 1.95. The molecule has 0 bridgehead atoms. The van der Waals surface area contributed by atoms with Crippen molar-refractivity contribution in [3.8, 4) is 0 Å². The second kappa shape index (κ2) is 6.43. The van der Waals surface area contributed by atoms with Gasteiger partial charge in [-0.1, -0.05) is 35.9 Å². The second-order valence-electron chi connectivity index (χ2n) is 4.18. The summed E-state index contributed by atoms with van der Waals surface area (Å²) in [6.07, 6.45) is 0. The number of rotatable bonds is 5. The van der Waals surface area contributed by atoms with E-state index in [9.17, 15) is 0 Å². The van der Waals surface area contributed by atoms with Crippen LogP contribution in [0.4, 0.5) is 5.69 Å². The summed E-state index contributed by atoms with van der Waals surface area (Å²) in [6, 6.07) is 16.3. The summed E-state index contributed by atoms with van der Waals surface area (Å²) in [5, 5.41) is 7.30. The standard InChI is InChI=1S/C15H17ClN2/c1-17-15-8-4-13(5-9-15)11-18-10-12-2-6-14(16)7-3-12/h2-9,17-18H,10-11H2,1H3. The SMILES string of the molecule is CNc1ccc(CNCc2ccc(Cl)cc2)cc1. The van der Waals surface area contributed by atoms with Crippen LogP contribution in [-0.2, 0) is 13.1 Å². The Morgan fingerprint density at radius 1 is 0.833 bits per heavy atom. The van der Waals surface area contributed by atoms with E-state index in [2.05, 4.69) is 34.9 Å². The third-order valence-corrected chi connectivity index (χ3v) is 3.07. The molecule has 2 nitrogen and oxygen atoms in total. The van der Waals surface area contributed by atoms with Crippen molar-refractivity contribution in [1.82, 2.24) is 5.32 Å². The third-order valence-electron chi connectivity index (χ3n) is 2.81. The van der Waals surface area contributed by atoms with Crippen LogP contribution in [0.5, 0.6) is 0 Å². The smallest absolute Gasteiger partial charge is 0.0406 e. The fraction of sp³-hybridized carbons (Fsp3) is 0.200. The van der Waals surface area contributed by atoms with E-state index in [1.807, 2.05) is 31.3 Å². The molecule has 0 heterocycles. The van der Waals surface area contributed by atoms with Gasteiger partial charge in [-0.3, -0.25) is 0 Å². The second-order valence-corrected chi connectivity index (χ2v) is 4.61. The minimum Gasteiger partial charge on any atom is -0.388 e. The van der Waals surface area contributed by atoms with E-state index in [-0.39, 0.29) is 0 Å². The highest BCUT2D eigenvalue weighted by atomic mass is 35.5. The number of nitrogens with one attached hydrogen (secondary N) is 2. The maximum absolute atomic E-state index is 5.84. The lowest BCUT2D eigenvalue weighted by atomic mass is 10.2. The molecule has 0 atom stereocenters. The first-order chi connectivity index (χ1) is 8.78. The van der Waals surface area contributed by atoms with Crippen LogP contribution in [0.25, 0.3) is 0 Å². The zero-order valence-corrected chi connectivity index (χ0v) is 11.2. The van der Waals surface area contributed by atoms with Crippen molar-refractivity contribution in [2.75, 3.05) is 12.4 Å². The topological polar surface area (TPSA) is 24.1 Å². The fourth-order valence-electron chi connectivity index (χ4n) is 1.74. The lowest BCUT2D eigenvalue weighted by molar-refractivity contribution is 0.693. The van der Waals surface area contributed by atoms with Gasteiger partial charge in [-0.25, -0.2) is 0 Å². The molecule has 0 unspecified atom stereocenters. The van der Waals surface area contributed by atoms with E-state index in [0.717, 1.165) is 23.8 Å². The Kier molecular flexibility index (Phi) is 4.62. The molecule has 0 radical (unpaired) electrons. The molecule has 0 saturated carbocycles. The average Bonchev–Trinajstić information content (AvgIpc) is 2.42. The zero-order valence-electron chi connectivity index (χ0n) is 10.4. The van der Waals surface area contributed by atoms with Gasteiger partial charge in [0.2, 0.25) is 0 Å². The minimum atomic E-state index is 0.779. The number of halogens is 1. The summed E-state index contributed by atoms with van der Waals surface area (Å²) in [6.45, 7) is 1.72. The fourth-order valence-corrected chi connectivity index (χ4v) is 1.87. The molecule has 0 aliphatic heterocycles. The van der Waals surface area contributed by atoms with Gasteiger partial charge in [0.25, 0.3) is 0 Å². The van der Waals surface area contributed by atoms with Gasteiger partial charge in [0.15, 0.2) is 0 Å². The zero-order chi connectivity index (χ0) is 12.8. The molecule has 94 valence electrons. The Morgan fingerprint density at radius 3 is 1.83 bits per heavy atom. The van der Waals surface area contributed by atoms with Gasteiger partial charge in [-0.2, -0.15) is 0 Å². The van der Waals surface area contributed by atoms with Crippen LogP contribution in [0, 0.1) is 0 Å². The summed E-state index contributed by atoms with van der Waals surface area (Å²) in [4.78, 5) is 0. The normalized spacial score (nSPS) is 10.3. The lowest BCUT2D eigenvalue weighted by Crippen LogP contribution is -2.12. The first-order valence-electron chi connectivity index (χ1n) is 6.00. The maximum atomic E-state index is 5.84. The van der Waals surface area contributed by atoms with Crippen molar-refractivity contribution in [3.63, 3.8) is 0 Å². The molecular weight excluding hydrogens is 244 g/mol. The first kappa shape index (κ1) is 12.9. The van der Waals surface area contributed by atoms with Crippen LogP contribution in [0.2, 0.25) is 5.02 Å². The van der Waals surface area contributed by atoms with Gasteiger partial charge in [-0.05, 0) is 35.4 Å². The molecule has 2 N–H and O–H groups in total. The highest BCUT2D eigenvalue weighted by Crippen LogP contribution is 2.10. The van der Waals surface area contributed by atoms with Gasteiger partial charge < -0.3 is 10.6 Å². The molecule has 0 fully saturated rings. The Morgan fingerprint density at radius 2 is 1.33 bits per heavy atom. The van der Waals surface area contributed by atoms with E-state index in [0.29, 0.717) is 0 Å². The van der Waals surface area contributed by atoms with E-state index in [1.165, 1.54) is 11.1 Å². The van der Waals surface area contributed by atoms with Crippen LogP contribution in [-0.4, -0.2) is 7.05 Å². The van der Waals surface area contributed by atoms with Crippen LogP contribution < -0.4 is 10.6 Å². The van der Waals surface area contributed by atoms with Crippen molar-refractivity contribution >= 4 is 17.3 Å². The Labute approximate surface area is 113 Å². The van der Waals surface area contributed by atoms with Gasteiger partial charge in [0.1, 0.15) is 0 Å². The van der Waals surface area contributed by atoms with Gasteiger partial charge >= 0.3 is 0 Å². The molecule has 0 amide bonds. The number of anilines is 1. The predicted octanol–water partition coefficient (Wildman–Crippen LogP) is 3.67. The Balaban J connectivity index is 1.82. The molecule has 0 aliphatic rings. The number of benzene rings is 2. The van der Waals surface area contributed by atoms with Gasteiger partial charge in [0, 0.05) is 30.8 Å². The van der Waals surface area contributed by atoms with Crippen LogP contribution in [0.15, 0.2) is 48.5 Å². The molecule has 3 heteroatoms. The van der Waals surface area contributed by atoms with E-state index >= 15 is 0 Å². The van der Waals surface area contributed by atoms with Crippen molar-refractivity contribution < 1.29 is 0 Å². The van der Waals surface area contributed by atoms with E-state index in [4.69, 9.17) is 11.6 Å². The maximum Gasteiger partial charge on any atom is 0.0406 e. The molecule has 2 aromatic rings.